The standard InChI is InChI=1S/C14H10BrIN2O3/c1-8-2-4-10(18(20)21)7-13(8)17-14(19)11-6-9(16)3-5-12(11)15/h2-7H,1H3,(H,17,19). The van der Waals surface area contributed by atoms with Gasteiger partial charge in [0.25, 0.3) is 11.6 Å². The number of nitro groups is 1. The first-order valence-corrected chi connectivity index (χ1v) is 7.77. The van der Waals surface area contributed by atoms with Crippen LogP contribution in [0.1, 0.15) is 15.9 Å². The molecule has 0 saturated carbocycles. The smallest absolute Gasteiger partial charge is 0.271 e. The molecule has 2 rings (SSSR count). The Hall–Kier alpha value is -1.48. The molecule has 7 heteroatoms. The number of carbonyl (C=O) groups is 1. The fraction of sp³-hybridized carbons (Fsp3) is 0.0714. The molecule has 1 N–H and O–H groups in total. The molecule has 2 aromatic rings. The van der Waals surface area contributed by atoms with Gasteiger partial charge in [-0.15, -0.1) is 0 Å². The Balaban J connectivity index is 2.33. The van der Waals surface area contributed by atoms with E-state index in [0.717, 1.165) is 9.13 Å². The predicted molar refractivity (Wildman–Crippen MR) is 92.6 cm³/mol. The van der Waals surface area contributed by atoms with E-state index >= 15 is 0 Å². The van der Waals surface area contributed by atoms with E-state index in [9.17, 15) is 14.9 Å². The third kappa shape index (κ3) is 3.79. The lowest BCUT2D eigenvalue weighted by molar-refractivity contribution is -0.384. The zero-order chi connectivity index (χ0) is 15.6. The molecule has 0 heterocycles. The van der Waals surface area contributed by atoms with Crippen LogP contribution in [0, 0.1) is 20.6 Å². The summed E-state index contributed by atoms with van der Waals surface area (Å²) >= 11 is 5.45. The van der Waals surface area contributed by atoms with Gasteiger partial charge in [0.15, 0.2) is 0 Å². The highest BCUT2D eigenvalue weighted by Crippen LogP contribution is 2.24. The van der Waals surface area contributed by atoms with Gasteiger partial charge in [0.05, 0.1) is 16.2 Å². The first kappa shape index (κ1) is 15.9. The minimum absolute atomic E-state index is 0.0578. The number of anilines is 1. The minimum Gasteiger partial charge on any atom is -0.321 e. The lowest BCUT2D eigenvalue weighted by Crippen LogP contribution is -2.13. The van der Waals surface area contributed by atoms with Crippen LogP contribution in [-0.2, 0) is 0 Å². The summed E-state index contributed by atoms with van der Waals surface area (Å²) in [5, 5.41) is 13.5. The van der Waals surface area contributed by atoms with Crippen LogP contribution < -0.4 is 5.32 Å². The van der Waals surface area contributed by atoms with Gasteiger partial charge in [-0.1, -0.05) is 6.07 Å². The number of nitro benzene ring substituents is 1. The molecular weight excluding hydrogens is 451 g/mol. The van der Waals surface area contributed by atoms with Crippen molar-refractivity contribution in [1.82, 2.24) is 0 Å². The number of carbonyl (C=O) groups excluding carboxylic acids is 1. The minimum atomic E-state index is -0.490. The number of nitrogens with zero attached hydrogens (tertiary/aromatic N) is 1. The molecule has 0 saturated heterocycles. The summed E-state index contributed by atoms with van der Waals surface area (Å²) in [7, 11) is 0. The van der Waals surface area contributed by atoms with Crippen molar-refractivity contribution in [3.63, 3.8) is 0 Å². The van der Waals surface area contributed by atoms with Crippen LogP contribution in [0.5, 0.6) is 0 Å². The van der Waals surface area contributed by atoms with Crippen LogP contribution in [0.15, 0.2) is 40.9 Å². The largest absolute Gasteiger partial charge is 0.321 e. The van der Waals surface area contributed by atoms with Crippen molar-refractivity contribution in [1.29, 1.82) is 0 Å². The van der Waals surface area contributed by atoms with Crippen molar-refractivity contribution in [3.8, 4) is 0 Å². The molecule has 2 aromatic carbocycles. The number of non-ortho nitro benzene ring substituents is 1. The lowest BCUT2D eigenvalue weighted by Gasteiger charge is -2.09. The average Bonchev–Trinajstić information content (AvgIpc) is 2.43. The molecule has 0 radical (unpaired) electrons. The van der Waals surface area contributed by atoms with Crippen molar-refractivity contribution in [2.24, 2.45) is 0 Å². The zero-order valence-electron chi connectivity index (χ0n) is 10.9. The molecule has 0 spiro atoms. The highest BCUT2D eigenvalue weighted by atomic mass is 127. The number of hydrogen-bond donors (Lipinski definition) is 1. The van der Waals surface area contributed by atoms with E-state index in [0.29, 0.717) is 15.7 Å². The average molecular weight is 461 g/mol. The maximum absolute atomic E-state index is 12.3. The maximum Gasteiger partial charge on any atom is 0.271 e. The van der Waals surface area contributed by atoms with Gasteiger partial charge in [0, 0.05) is 20.2 Å². The number of halogens is 2. The molecular formula is C14H10BrIN2O3. The van der Waals surface area contributed by atoms with Crippen LogP contribution in [0.25, 0.3) is 0 Å². The van der Waals surface area contributed by atoms with Gasteiger partial charge in [0.2, 0.25) is 0 Å². The van der Waals surface area contributed by atoms with E-state index in [2.05, 4.69) is 43.8 Å². The quantitative estimate of drug-likeness (QED) is 0.415. The summed E-state index contributed by atoms with van der Waals surface area (Å²) in [4.78, 5) is 22.6. The topological polar surface area (TPSA) is 72.2 Å². The summed E-state index contributed by atoms with van der Waals surface area (Å²) in [6.07, 6.45) is 0. The van der Waals surface area contributed by atoms with E-state index in [1.54, 1.807) is 25.1 Å². The Kier molecular flexibility index (Phi) is 4.94. The summed E-state index contributed by atoms with van der Waals surface area (Å²) in [5.41, 5.74) is 1.61. The third-order valence-electron chi connectivity index (χ3n) is 2.85. The molecule has 0 bridgehead atoms. The third-order valence-corrected chi connectivity index (χ3v) is 4.22. The van der Waals surface area contributed by atoms with Gasteiger partial charge in [-0.25, -0.2) is 0 Å². The van der Waals surface area contributed by atoms with Gasteiger partial charge < -0.3 is 5.32 Å². The van der Waals surface area contributed by atoms with Gasteiger partial charge in [0.1, 0.15) is 0 Å². The lowest BCUT2D eigenvalue weighted by atomic mass is 10.1. The molecule has 0 aliphatic rings. The number of aryl methyl sites for hydroxylation is 1. The number of rotatable bonds is 3. The normalized spacial score (nSPS) is 10.2. The highest BCUT2D eigenvalue weighted by molar-refractivity contribution is 14.1. The fourth-order valence-corrected chi connectivity index (χ4v) is 2.64. The van der Waals surface area contributed by atoms with Crippen LogP contribution in [0.3, 0.4) is 0 Å². The molecule has 0 aliphatic heterocycles. The molecule has 0 unspecified atom stereocenters. The Morgan fingerprint density at radius 3 is 2.67 bits per heavy atom. The molecule has 1 amide bonds. The van der Waals surface area contributed by atoms with E-state index in [1.807, 2.05) is 6.07 Å². The van der Waals surface area contributed by atoms with Crippen LogP contribution >= 0.6 is 38.5 Å². The Labute approximate surface area is 143 Å². The number of nitrogens with one attached hydrogen (secondary N) is 1. The zero-order valence-corrected chi connectivity index (χ0v) is 14.6. The number of hydrogen-bond acceptors (Lipinski definition) is 3. The van der Waals surface area contributed by atoms with Crippen molar-refractivity contribution < 1.29 is 9.72 Å². The summed E-state index contributed by atoms with van der Waals surface area (Å²) in [6, 6.07) is 9.78. The molecule has 21 heavy (non-hydrogen) atoms. The molecule has 0 atom stereocenters. The molecule has 108 valence electrons. The van der Waals surface area contributed by atoms with Crippen LogP contribution in [0.4, 0.5) is 11.4 Å². The maximum atomic E-state index is 12.3. The van der Waals surface area contributed by atoms with Crippen LogP contribution in [0.2, 0.25) is 0 Å². The SMILES string of the molecule is Cc1ccc([N+](=O)[O-])cc1NC(=O)c1cc(I)ccc1Br. The van der Waals surface area contributed by atoms with E-state index in [-0.39, 0.29) is 11.6 Å². The molecule has 5 nitrogen and oxygen atoms in total. The van der Waals surface area contributed by atoms with Crippen molar-refractivity contribution in [2.45, 2.75) is 6.92 Å². The van der Waals surface area contributed by atoms with Gasteiger partial charge in [-0.2, -0.15) is 0 Å². The first-order chi connectivity index (χ1) is 9.88. The predicted octanol–water partition coefficient (Wildman–Crippen LogP) is 4.52. The highest BCUT2D eigenvalue weighted by Gasteiger charge is 2.14. The Morgan fingerprint density at radius 2 is 2.00 bits per heavy atom. The van der Waals surface area contributed by atoms with Crippen molar-refractivity contribution >= 4 is 55.8 Å². The second-order valence-electron chi connectivity index (χ2n) is 4.33. The molecule has 0 fully saturated rings. The summed E-state index contributed by atoms with van der Waals surface area (Å²) in [6.45, 7) is 1.78. The van der Waals surface area contributed by atoms with Crippen LogP contribution in [-0.4, -0.2) is 10.8 Å². The Morgan fingerprint density at radius 1 is 1.29 bits per heavy atom. The van der Waals surface area contributed by atoms with Gasteiger partial charge in [-0.05, 0) is 69.2 Å². The van der Waals surface area contributed by atoms with Gasteiger partial charge >= 0.3 is 0 Å². The number of benzene rings is 2. The second kappa shape index (κ2) is 6.52. The van der Waals surface area contributed by atoms with Gasteiger partial charge in [-0.3, -0.25) is 14.9 Å². The first-order valence-electron chi connectivity index (χ1n) is 5.90. The molecule has 0 aliphatic carbocycles. The summed E-state index contributed by atoms with van der Waals surface area (Å²) < 4.78 is 1.60. The molecule has 0 aromatic heterocycles. The monoisotopic (exact) mass is 460 g/mol. The summed E-state index contributed by atoms with van der Waals surface area (Å²) in [5.74, 6) is -0.316. The second-order valence-corrected chi connectivity index (χ2v) is 6.43. The fourth-order valence-electron chi connectivity index (χ4n) is 1.72. The Bertz CT molecular complexity index is 734. The van der Waals surface area contributed by atoms with Crippen molar-refractivity contribution in [2.75, 3.05) is 5.32 Å². The number of amides is 1. The van der Waals surface area contributed by atoms with E-state index in [1.165, 1.54) is 12.1 Å². The van der Waals surface area contributed by atoms with E-state index in [4.69, 9.17) is 0 Å². The van der Waals surface area contributed by atoms with Crippen molar-refractivity contribution in [3.05, 3.63) is 65.7 Å². The van der Waals surface area contributed by atoms with E-state index < -0.39 is 4.92 Å².